The number of hydrazine groups is 1. The Bertz CT molecular complexity index is 1160. The summed E-state index contributed by atoms with van der Waals surface area (Å²) in [6.07, 6.45) is 0. The van der Waals surface area contributed by atoms with E-state index in [0.29, 0.717) is 12.0 Å². The predicted octanol–water partition coefficient (Wildman–Crippen LogP) is 2.68. The molecule has 3 aliphatic rings. The lowest BCUT2D eigenvalue weighted by Gasteiger charge is -2.23. The van der Waals surface area contributed by atoms with E-state index >= 15 is 0 Å². The van der Waals surface area contributed by atoms with Crippen LogP contribution >= 0.6 is 11.8 Å². The quantitative estimate of drug-likeness (QED) is 0.605. The molecule has 3 aliphatic heterocycles. The highest BCUT2D eigenvalue weighted by molar-refractivity contribution is 8.00. The normalized spacial score (nSPS) is 26.7. The SMILES string of the molecule is COc1ccc(C2=Nn3c(nnc3C3NNC4CN(Cc5ccccc5)CC43)SC2C)cc1. The number of rotatable bonds is 5. The Hall–Kier alpha value is -2.72. The van der Waals surface area contributed by atoms with E-state index in [9.17, 15) is 0 Å². The lowest BCUT2D eigenvalue weighted by molar-refractivity contribution is 0.283. The molecule has 2 N–H and O–H groups in total. The molecule has 0 bridgehead atoms. The number of hydrogen-bond acceptors (Lipinski definition) is 8. The van der Waals surface area contributed by atoms with Crippen LogP contribution in [-0.2, 0) is 6.54 Å². The summed E-state index contributed by atoms with van der Waals surface area (Å²) in [5.41, 5.74) is 10.4. The van der Waals surface area contributed by atoms with Crippen LogP contribution in [0.2, 0.25) is 0 Å². The first-order chi connectivity index (χ1) is 16.2. The third-order valence-corrected chi connectivity index (χ3v) is 7.76. The number of nitrogens with zero attached hydrogens (tertiary/aromatic N) is 5. The van der Waals surface area contributed by atoms with Crippen molar-refractivity contribution < 1.29 is 4.74 Å². The zero-order chi connectivity index (χ0) is 22.4. The van der Waals surface area contributed by atoms with E-state index < -0.39 is 0 Å². The molecule has 6 rings (SSSR count). The van der Waals surface area contributed by atoms with E-state index in [-0.39, 0.29) is 11.3 Å². The van der Waals surface area contributed by atoms with Crippen LogP contribution in [0.25, 0.3) is 0 Å². The van der Waals surface area contributed by atoms with E-state index in [1.807, 2.05) is 16.8 Å². The van der Waals surface area contributed by atoms with Gasteiger partial charge in [0.25, 0.3) is 0 Å². The van der Waals surface area contributed by atoms with Crippen molar-refractivity contribution in [3.8, 4) is 5.75 Å². The summed E-state index contributed by atoms with van der Waals surface area (Å²) in [6, 6.07) is 19.2. The van der Waals surface area contributed by atoms with Gasteiger partial charge in [-0.05, 0) is 42.3 Å². The minimum atomic E-state index is 0.0619. The van der Waals surface area contributed by atoms with Crippen molar-refractivity contribution in [3.05, 3.63) is 71.5 Å². The highest BCUT2D eigenvalue weighted by Gasteiger charge is 2.46. The van der Waals surface area contributed by atoms with E-state index in [4.69, 9.17) is 9.84 Å². The molecule has 0 aliphatic carbocycles. The number of hydrogen-bond donors (Lipinski definition) is 2. The van der Waals surface area contributed by atoms with Crippen molar-refractivity contribution in [2.45, 2.75) is 36.0 Å². The van der Waals surface area contributed by atoms with Gasteiger partial charge in [-0.3, -0.25) is 10.3 Å². The molecule has 4 heterocycles. The molecule has 4 atom stereocenters. The Labute approximate surface area is 197 Å². The minimum absolute atomic E-state index is 0.0619. The first-order valence-corrected chi connectivity index (χ1v) is 12.2. The van der Waals surface area contributed by atoms with E-state index in [2.05, 4.69) is 75.3 Å². The molecule has 9 heteroatoms. The molecule has 3 aromatic rings. The van der Waals surface area contributed by atoms with Crippen molar-refractivity contribution in [1.29, 1.82) is 0 Å². The lowest BCUT2D eigenvalue weighted by atomic mass is 9.97. The van der Waals surface area contributed by atoms with Gasteiger partial charge in [-0.1, -0.05) is 42.1 Å². The Morgan fingerprint density at radius 1 is 1.03 bits per heavy atom. The number of aromatic nitrogens is 3. The molecular formula is C24H27N7OS. The highest BCUT2D eigenvalue weighted by atomic mass is 32.2. The van der Waals surface area contributed by atoms with Gasteiger partial charge in [0.2, 0.25) is 5.16 Å². The molecule has 0 amide bonds. The number of fused-ring (bicyclic) bond motifs is 2. The van der Waals surface area contributed by atoms with Crippen molar-refractivity contribution in [2.75, 3.05) is 20.2 Å². The fourth-order valence-corrected chi connectivity index (χ4v) is 5.96. The summed E-state index contributed by atoms with van der Waals surface area (Å²) < 4.78 is 7.25. The van der Waals surface area contributed by atoms with Gasteiger partial charge in [-0.15, -0.1) is 10.2 Å². The zero-order valence-electron chi connectivity index (χ0n) is 18.7. The van der Waals surface area contributed by atoms with Crippen LogP contribution in [-0.4, -0.2) is 57.0 Å². The molecule has 0 saturated carbocycles. The second-order valence-corrected chi connectivity index (χ2v) is 10.2. The second kappa shape index (κ2) is 8.57. The zero-order valence-corrected chi connectivity index (χ0v) is 19.5. The molecular weight excluding hydrogens is 434 g/mol. The molecule has 2 fully saturated rings. The Balaban J connectivity index is 1.25. The van der Waals surface area contributed by atoms with Crippen LogP contribution in [0, 0.1) is 5.92 Å². The molecule has 170 valence electrons. The monoisotopic (exact) mass is 461 g/mol. The summed E-state index contributed by atoms with van der Waals surface area (Å²) in [5.74, 6) is 2.12. The molecule has 2 aromatic carbocycles. The van der Waals surface area contributed by atoms with Crippen LogP contribution in [0.5, 0.6) is 5.75 Å². The second-order valence-electron chi connectivity index (χ2n) is 8.84. The van der Waals surface area contributed by atoms with Gasteiger partial charge in [0.05, 0.1) is 24.1 Å². The maximum Gasteiger partial charge on any atom is 0.212 e. The number of likely N-dealkylation sites (tertiary alicyclic amines) is 1. The average Bonchev–Trinajstić information content (AvgIpc) is 3.53. The van der Waals surface area contributed by atoms with Gasteiger partial charge in [0.15, 0.2) is 5.82 Å². The summed E-state index contributed by atoms with van der Waals surface area (Å²) in [5, 5.41) is 15.1. The fourth-order valence-electron chi connectivity index (χ4n) is 5.03. The molecule has 33 heavy (non-hydrogen) atoms. The standard InChI is InChI=1S/C24H27N7OS/c1-15-21(17-8-10-18(32-2)11-9-17)29-31-23(27-28-24(31)33-15)22-19-13-30(14-20(19)25-26-22)12-16-6-4-3-5-7-16/h3-11,15,19-20,22,25-26H,12-14H2,1-2H3. The summed E-state index contributed by atoms with van der Waals surface area (Å²) in [6.45, 7) is 5.14. The Morgan fingerprint density at radius 2 is 1.85 bits per heavy atom. The summed E-state index contributed by atoms with van der Waals surface area (Å²) in [4.78, 5) is 2.52. The molecule has 0 spiro atoms. The Morgan fingerprint density at radius 3 is 2.64 bits per heavy atom. The smallest absolute Gasteiger partial charge is 0.212 e. The molecule has 4 unspecified atom stereocenters. The van der Waals surface area contributed by atoms with Crippen LogP contribution in [0.1, 0.15) is 29.9 Å². The van der Waals surface area contributed by atoms with Crippen molar-refractivity contribution in [2.24, 2.45) is 11.0 Å². The van der Waals surface area contributed by atoms with Crippen LogP contribution in [0.3, 0.4) is 0 Å². The molecule has 1 aromatic heterocycles. The number of benzene rings is 2. The van der Waals surface area contributed by atoms with Gasteiger partial charge < -0.3 is 4.74 Å². The summed E-state index contributed by atoms with van der Waals surface area (Å²) >= 11 is 1.70. The number of nitrogens with one attached hydrogen (secondary N) is 2. The van der Waals surface area contributed by atoms with E-state index in [1.54, 1.807) is 18.9 Å². The first-order valence-electron chi connectivity index (χ1n) is 11.3. The first kappa shape index (κ1) is 20.9. The van der Waals surface area contributed by atoms with Crippen molar-refractivity contribution in [1.82, 2.24) is 30.6 Å². The van der Waals surface area contributed by atoms with Gasteiger partial charge in [-0.25, -0.2) is 5.43 Å². The topological polar surface area (TPSA) is 79.6 Å². The van der Waals surface area contributed by atoms with Crippen molar-refractivity contribution in [3.63, 3.8) is 0 Å². The number of methoxy groups -OCH3 is 1. The van der Waals surface area contributed by atoms with Crippen molar-refractivity contribution >= 4 is 17.5 Å². The fraction of sp³-hybridized carbons (Fsp3) is 0.375. The molecule has 8 nitrogen and oxygen atoms in total. The van der Waals surface area contributed by atoms with Gasteiger partial charge >= 0.3 is 0 Å². The predicted molar refractivity (Wildman–Crippen MR) is 128 cm³/mol. The lowest BCUT2D eigenvalue weighted by Crippen LogP contribution is -2.36. The molecule has 0 radical (unpaired) electrons. The van der Waals surface area contributed by atoms with E-state index in [0.717, 1.165) is 47.6 Å². The van der Waals surface area contributed by atoms with Crippen LogP contribution < -0.4 is 15.6 Å². The Kier molecular flexibility index (Phi) is 5.41. The highest BCUT2D eigenvalue weighted by Crippen LogP contribution is 2.37. The van der Waals surface area contributed by atoms with Gasteiger partial charge in [0, 0.05) is 31.6 Å². The molecule has 2 saturated heterocycles. The van der Waals surface area contributed by atoms with E-state index in [1.165, 1.54) is 5.56 Å². The third-order valence-electron chi connectivity index (χ3n) is 6.72. The number of thioether (sulfide) groups is 1. The van der Waals surface area contributed by atoms with Crippen LogP contribution in [0.15, 0.2) is 64.9 Å². The largest absolute Gasteiger partial charge is 0.497 e. The maximum absolute atomic E-state index is 5.31. The average molecular weight is 462 g/mol. The maximum atomic E-state index is 5.31. The number of ether oxygens (including phenoxy) is 1. The third kappa shape index (κ3) is 3.85. The summed E-state index contributed by atoms with van der Waals surface area (Å²) in [7, 11) is 1.68. The van der Waals surface area contributed by atoms with Crippen LogP contribution in [0.4, 0.5) is 0 Å². The van der Waals surface area contributed by atoms with Gasteiger partial charge in [0.1, 0.15) is 5.75 Å². The van der Waals surface area contributed by atoms with Gasteiger partial charge in [-0.2, -0.15) is 9.78 Å². The minimum Gasteiger partial charge on any atom is -0.497 e.